The summed E-state index contributed by atoms with van der Waals surface area (Å²) in [5.74, 6) is -0.181. The van der Waals surface area contributed by atoms with Crippen molar-refractivity contribution in [2.24, 2.45) is 11.8 Å². The highest BCUT2D eigenvalue weighted by Gasteiger charge is 2.28. The zero-order chi connectivity index (χ0) is 35.8. The van der Waals surface area contributed by atoms with Crippen molar-refractivity contribution in [3.8, 4) is 22.5 Å². The van der Waals surface area contributed by atoms with E-state index in [-0.39, 0.29) is 17.9 Å². The number of nitrogens with zero attached hydrogens (tertiary/aromatic N) is 3. The van der Waals surface area contributed by atoms with Crippen LogP contribution in [0.4, 0.5) is 10.5 Å². The van der Waals surface area contributed by atoms with Gasteiger partial charge in [-0.1, -0.05) is 30.3 Å². The standard InChI is InChI=1S/C38H47N7O5/c1-23-18-24(2)33(36(47)48)20-32(23)27-10-6-25(7-11-27)19-31(22-39-30-16-14-28(15-17-30)34-42-44-45-43-34)41-35(46)29-12-8-26(9-13-29)21-40-37(49)50-38(3,4)5/h6-7,10-11,14-18,20,26,29,31,39H,8-9,12-13,19,21-22H2,1-5H3,(H,40,49)(H,41,46)(H,47,48)(H,42,43,44,45)/t26?,29?,31-/m0/s1. The Bertz CT molecular complexity index is 1760. The van der Waals surface area contributed by atoms with Crippen molar-refractivity contribution in [2.75, 3.05) is 18.4 Å². The highest BCUT2D eigenvalue weighted by atomic mass is 16.6. The summed E-state index contributed by atoms with van der Waals surface area (Å²) in [7, 11) is 0. The van der Waals surface area contributed by atoms with E-state index < -0.39 is 17.7 Å². The van der Waals surface area contributed by atoms with Crippen LogP contribution in [0.25, 0.3) is 22.5 Å². The van der Waals surface area contributed by atoms with Crippen LogP contribution in [0.3, 0.4) is 0 Å². The number of ether oxygens (including phenoxy) is 1. The van der Waals surface area contributed by atoms with Gasteiger partial charge in [-0.05, 0) is 136 Å². The number of hydrogen-bond donors (Lipinski definition) is 5. The van der Waals surface area contributed by atoms with Crippen LogP contribution in [0.2, 0.25) is 0 Å². The van der Waals surface area contributed by atoms with Crippen LogP contribution in [0.15, 0.2) is 60.7 Å². The first kappa shape index (κ1) is 36.0. The topological polar surface area (TPSA) is 171 Å². The molecule has 0 bridgehead atoms. The number of H-pyrrole nitrogens is 1. The smallest absolute Gasteiger partial charge is 0.407 e. The summed E-state index contributed by atoms with van der Waals surface area (Å²) in [6.45, 7) is 10.4. The summed E-state index contributed by atoms with van der Waals surface area (Å²) in [6, 6.07) is 19.3. The quantitative estimate of drug-likeness (QED) is 0.115. The fraction of sp³-hybridized carbons (Fsp3) is 0.421. The summed E-state index contributed by atoms with van der Waals surface area (Å²) < 4.78 is 5.36. The zero-order valence-corrected chi connectivity index (χ0v) is 29.4. The molecule has 12 nitrogen and oxygen atoms in total. The van der Waals surface area contributed by atoms with Crippen molar-refractivity contribution in [3.05, 3.63) is 82.9 Å². The number of aryl methyl sites for hydroxylation is 2. The number of rotatable bonds is 12. The summed E-state index contributed by atoms with van der Waals surface area (Å²) >= 11 is 0. The fourth-order valence-corrected chi connectivity index (χ4v) is 6.42. The van der Waals surface area contributed by atoms with Crippen molar-refractivity contribution < 1.29 is 24.2 Å². The van der Waals surface area contributed by atoms with Gasteiger partial charge in [0.25, 0.3) is 0 Å². The summed E-state index contributed by atoms with van der Waals surface area (Å²) in [4.78, 5) is 37.5. The number of tetrazole rings is 1. The van der Waals surface area contributed by atoms with Crippen LogP contribution in [-0.2, 0) is 16.0 Å². The number of alkyl carbamates (subject to hydrolysis) is 1. The highest BCUT2D eigenvalue weighted by Crippen LogP contribution is 2.30. The first-order chi connectivity index (χ1) is 23.8. The van der Waals surface area contributed by atoms with Gasteiger partial charge in [0.15, 0.2) is 0 Å². The lowest BCUT2D eigenvalue weighted by atomic mass is 9.81. The SMILES string of the molecule is Cc1cc(C)c(-c2ccc(C[C@@H](CNc3ccc(-c4nn[nH]n4)cc3)NC(=O)C3CCC(CNC(=O)OC(C)(C)C)CC3)cc2)cc1C(=O)O. The van der Waals surface area contributed by atoms with Gasteiger partial charge in [-0.2, -0.15) is 5.21 Å². The number of nitrogens with one attached hydrogen (secondary N) is 4. The van der Waals surface area contributed by atoms with Crippen LogP contribution in [0.5, 0.6) is 0 Å². The average Bonchev–Trinajstić information content (AvgIpc) is 3.62. The normalized spacial score (nSPS) is 16.7. The molecule has 5 rings (SSSR count). The molecule has 1 aliphatic rings. The number of anilines is 1. The average molecular weight is 682 g/mol. The number of hydrogen-bond acceptors (Lipinski definition) is 8. The molecule has 4 aromatic rings. The lowest BCUT2D eigenvalue weighted by Crippen LogP contribution is -2.45. The molecule has 5 N–H and O–H groups in total. The van der Waals surface area contributed by atoms with E-state index in [9.17, 15) is 19.5 Å². The minimum atomic E-state index is -0.943. The fourth-order valence-electron chi connectivity index (χ4n) is 6.42. The van der Waals surface area contributed by atoms with Crippen LogP contribution >= 0.6 is 0 Å². The number of aromatic nitrogens is 4. The van der Waals surface area contributed by atoms with E-state index in [1.54, 1.807) is 6.07 Å². The van der Waals surface area contributed by atoms with E-state index >= 15 is 0 Å². The molecule has 2 amide bonds. The molecule has 1 fully saturated rings. The number of aromatic amines is 1. The molecule has 1 aromatic heterocycles. The molecule has 0 radical (unpaired) electrons. The van der Waals surface area contributed by atoms with Gasteiger partial charge < -0.3 is 25.8 Å². The zero-order valence-electron chi connectivity index (χ0n) is 29.4. The summed E-state index contributed by atoms with van der Waals surface area (Å²) in [5, 5.41) is 33.5. The predicted molar refractivity (Wildman–Crippen MR) is 192 cm³/mol. The van der Waals surface area contributed by atoms with Gasteiger partial charge in [-0.3, -0.25) is 4.79 Å². The van der Waals surface area contributed by atoms with Crippen molar-refractivity contribution >= 4 is 23.7 Å². The minimum Gasteiger partial charge on any atom is -0.478 e. The summed E-state index contributed by atoms with van der Waals surface area (Å²) in [6.07, 6.45) is 3.41. The second kappa shape index (κ2) is 16.0. The maximum atomic E-state index is 13.6. The molecular weight excluding hydrogens is 634 g/mol. The van der Waals surface area contributed by atoms with Gasteiger partial charge in [-0.25, -0.2) is 9.59 Å². The van der Waals surface area contributed by atoms with Gasteiger partial charge in [-0.15, -0.1) is 10.2 Å². The summed E-state index contributed by atoms with van der Waals surface area (Å²) in [5.41, 5.74) is 6.10. The first-order valence-electron chi connectivity index (χ1n) is 17.1. The molecule has 1 saturated carbocycles. The number of carboxylic acids is 1. The Labute approximate surface area is 292 Å². The van der Waals surface area contributed by atoms with Gasteiger partial charge in [0.05, 0.1) is 11.6 Å². The van der Waals surface area contributed by atoms with Gasteiger partial charge in [0, 0.05) is 30.3 Å². The lowest BCUT2D eigenvalue weighted by Gasteiger charge is -2.30. The number of benzene rings is 3. The molecule has 12 heteroatoms. The number of carboxylic acid groups (broad SMARTS) is 1. The molecule has 3 aromatic carbocycles. The molecular formula is C38H47N7O5. The van der Waals surface area contributed by atoms with E-state index in [0.29, 0.717) is 36.8 Å². The van der Waals surface area contributed by atoms with E-state index in [0.717, 1.165) is 64.8 Å². The van der Waals surface area contributed by atoms with Gasteiger partial charge in [0.2, 0.25) is 11.7 Å². The Morgan fingerprint density at radius 1 is 0.940 bits per heavy atom. The molecule has 0 unspecified atom stereocenters. The largest absolute Gasteiger partial charge is 0.478 e. The van der Waals surface area contributed by atoms with Crippen LogP contribution in [0.1, 0.15) is 73.5 Å². The number of carbonyl (C=O) groups is 3. The van der Waals surface area contributed by atoms with E-state index in [1.807, 2.05) is 89.2 Å². The molecule has 0 spiro atoms. The van der Waals surface area contributed by atoms with Gasteiger partial charge in [0.1, 0.15) is 5.60 Å². The van der Waals surface area contributed by atoms with E-state index in [1.165, 1.54) is 0 Å². The second-order valence-corrected chi connectivity index (χ2v) is 14.2. The van der Waals surface area contributed by atoms with Crippen molar-refractivity contribution in [1.82, 2.24) is 31.3 Å². The van der Waals surface area contributed by atoms with Crippen LogP contribution in [0, 0.1) is 25.7 Å². The molecule has 264 valence electrons. The maximum absolute atomic E-state index is 13.6. The molecule has 1 aliphatic carbocycles. The Morgan fingerprint density at radius 3 is 2.24 bits per heavy atom. The van der Waals surface area contributed by atoms with E-state index in [4.69, 9.17) is 4.74 Å². The van der Waals surface area contributed by atoms with Crippen LogP contribution < -0.4 is 16.0 Å². The van der Waals surface area contributed by atoms with Crippen molar-refractivity contribution in [3.63, 3.8) is 0 Å². The third kappa shape index (κ3) is 9.90. The molecule has 50 heavy (non-hydrogen) atoms. The Hall–Kier alpha value is -5.26. The Balaban J connectivity index is 1.23. The molecule has 1 heterocycles. The maximum Gasteiger partial charge on any atom is 0.407 e. The molecule has 0 saturated heterocycles. The lowest BCUT2D eigenvalue weighted by molar-refractivity contribution is -0.126. The molecule has 0 aliphatic heterocycles. The van der Waals surface area contributed by atoms with E-state index in [2.05, 4.69) is 36.6 Å². The third-order valence-electron chi connectivity index (χ3n) is 9.09. The highest BCUT2D eigenvalue weighted by molar-refractivity contribution is 5.91. The van der Waals surface area contributed by atoms with Crippen molar-refractivity contribution in [1.29, 1.82) is 0 Å². The van der Waals surface area contributed by atoms with Gasteiger partial charge >= 0.3 is 12.1 Å². The van der Waals surface area contributed by atoms with Crippen molar-refractivity contribution in [2.45, 2.75) is 78.4 Å². The Morgan fingerprint density at radius 2 is 1.62 bits per heavy atom. The Kier molecular flexibility index (Phi) is 11.5. The number of aromatic carboxylic acids is 1. The minimum absolute atomic E-state index is 0.0379. The monoisotopic (exact) mass is 681 g/mol. The predicted octanol–water partition coefficient (Wildman–Crippen LogP) is 6.32. The number of amides is 2. The third-order valence-corrected chi connectivity index (χ3v) is 9.09. The second-order valence-electron chi connectivity index (χ2n) is 14.2. The molecule has 1 atom stereocenters. The van der Waals surface area contributed by atoms with Crippen LogP contribution in [-0.4, -0.2) is 68.4 Å². The number of carbonyl (C=O) groups excluding carboxylic acids is 2. The first-order valence-corrected chi connectivity index (χ1v) is 17.1.